The van der Waals surface area contributed by atoms with Crippen LogP contribution < -0.4 is 20.1 Å². The number of rotatable bonds is 7. The van der Waals surface area contributed by atoms with E-state index in [9.17, 15) is 18.4 Å². The van der Waals surface area contributed by atoms with Gasteiger partial charge in [-0.2, -0.15) is 4.98 Å². The van der Waals surface area contributed by atoms with Gasteiger partial charge < -0.3 is 24.7 Å². The van der Waals surface area contributed by atoms with Crippen LogP contribution in [0.3, 0.4) is 0 Å². The summed E-state index contributed by atoms with van der Waals surface area (Å²) in [7, 11) is 2.83. The van der Waals surface area contributed by atoms with Crippen molar-refractivity contribution in [2.24, 2.45) is 0 Å². The van der Waals surface area contributed by atoms with Crippen LogP contribution in [0.2, 0.25) is 10.0 Å². The summed E-state index contributed by atoms with van der Waals surface area (Å²) in [6, 6.07) is 6.59. The number of nitrogens with one attached hydrogen (secondary N) is 2. The lowest BCUT2D eigenvalue weighted by Crippen LogP contribution is -2.20. The first-order valence-electron chi connectivity index (χ1n) is 12.3. The molecule has 3 heterocycles. The number of ether oxygens (including phenoxy) is 2. The Labute approximate surface area is 243 Å². The number of nitrogens with zero attached hydrogens (tertiary/aromatic N) is 3. The molecule has 1 atom stereocenters. The highest BCUT2D eigenvalue weighted by Gasteiger charge is 2.39. The number of carbonyl (C=O) groups is 2. The number of fused-ring (bicyclic) bond motifs is 1. The molecule has 1 aliphatic heterocycles. The lowest BCUT2D eigenvalue weighted by molar-refractivity contribution is -0.116. The van der Waals surface area contributed by atoms with E-state index in [1.807, 2.05) is 13.8 Å². The standard InChI is InChI=1S/C28H23Cl2F2N5O4/c1-12(2)24-22(23-14-6-5-13(29)7-19(14)34-26(23)39)15(25(38)35-20-8-16(30)17(31)9-18(20)32)11-37(24)21-10-33-28(41-4)36-27(21)40-3/h5-12,23H,1-4H3,(H,34,39)(H,35,38). The van der Waals surface area contributed by atoms with E-state index in [0.717, 1.165) is 6.07 Å². The van der Waals surface area contributed by atoms with Gasteiger partial charge in [0, 0.05) is 34.2 Å². The second-order valence-corrected chi connectivity index (χ2v) is 10.3. The zero-order valence-corrected chi connectivity index (χ0v) is 23.7. The van der Waals surface area contributed by atoms with Gasteiger partial charge in [-0.1, -0.05) is 43.1 Å². The number of halogens is 4. The van der Waals surface area contributed by atoms with Crippen LogP contribution in [0, 0.1) is 11.6 Å². The maximum absolute atomic E-state index is 14.6. The van der Waals surface area contributed by atoms with Crippen molar-refractivity contribution in [3.8, 4) is 17.6 Å². The maximum Gasteiger partial charge on any atom is 0.319 e. The van der Waals surface area contributed by atoms with Crippen LogP contribution in [0.15, 0.2) is 42.7 Å². The lowest BCUT2D eigenvalue weighted by atomic mass is 9.87. The highest BCUT2D eigenvalue weighted by atomic mass is 35.5. The first kappa shape index (κ1) is 28.3. The minimum atomic E-state index is -1.02. The number of benzene rings is 2. The monoisotopic (exact) mass is 601 g/mol. The number of carbonyl (C=O) groups excluding carboxylic acids is 2. The summed E-state index contributed by atoms with van der Waals surface area (Å²) >= 11 is 12.0. The average Bonchev–Trinajstić information content (AvgIpc) is 3.47. The van der Waals surface area contributed by atoms with Crippen LogP contribution >= 0.6 is 23.2 Å². The Morgan fingerprint density at radius 3 is 2.56 bits per heavy atom. The van der Waals surface area contributed by atoms with Gasteiger partial charge in [-0.05, 0) is 29.7 Å². The van der Waals surface area contributed by atoms with Crippen molar-refractivity contribution >= 4 is 46.4 Å². The topological polar surface area (TPSA) is 107 Å². The number of amides is 2. The molecule has 0 saturated heterocycles. The molecule has 0 fully saturated rings. The Bertz CT molecular complexity index is 1710. The normalized spacial score (nSPS) is 14.2. The van der Waals surface area contributed by atoms with Gasteiger partial charge in [0.25, 0.3) is 5.91 Å². The fourth-order valence-corrected chi connectivity index (χ4v) is 5.23. The quantitative estimate of drug-likeness (QED) is 0.240. The maximum atomic E-state index is 14.6. The van der Waals surface area contributed by atoms with Crippen LogP contribution in [-0.4, -0.2) is 40.6 Å². The summed E-state index contributed by atoms with van der Waals surface area (Å²) in [5, 5.41) is 5.35. The van der Waals surface area contributed by atoms with Crippen molar-refractivity contribution in [3.05, 3.63) is 86.8 Å². The fourth-order valence-electron chi connectivity index (χ4n) is 4.90. The SMILES string of the molecule is COc1ncc(-n2cc(C(=O)Nc3cc(Cl)c(F)cc3F)c(C3C(=O)Nc4cc(Cl)ccc43)c2C(C)C)c(OC)n1. The number of methoxy groups -OCH3 is 2. The van der Waals surface area contributed by atoms with E-state index in [4.69, 9.17) is 32.7 Å². The van der Waals surface area contributed by atoms with Gasteiger partial charge in [0.05, 0.1) is 42.6 Å². The minimum Gasteiger partial charge on any atom is -0.479 e. The second-order valence-electron chi connectivity index (χ2n) is 9.47. The smallest absolute Gasteiger partial charge is 0.319 e. The molecule has 1 unspecified atom stereocenters. The van der Waals surface area contributed by atoms with Gasteiger partial charge in [-0.25, -0.2) is 13.8 Å². The van der Waals surface area contributed by atoms with E-state index in [1.54, 1.807) is 22.8 Å². The number of anilines is 2. The van der Waals surface area contributed by atoms with Gasteiger partial charge in [-0.15, -0.1) is 0 Å². The van der Waals surface area contributed by atoms with Crippen molar-refractivity contribution in [2.75, 3.05) is 24.9 Å². The van der Waals surface area contributed by atoms with Gasteiger partial charge in [0.2, 0.25) is 11.8 Å². The van der Waals surface area contributed by atoms with Crippen molar-refractivity contribution in [3.63, 3.8) is 0 Å². The van der Waals surface area contributed by atoms with Gasteiger partial charge >= 0.3 is 6.01 Å². The summed E-state index contributed by atoms with van der Waals surface area (Å²) in [5.41, 5.74) is 2.12. The Kier molecular flexibility index (Phi) is 7.58. The molecule has 212 valence electrons. The van der Waals surface area contributed by atoms with Crippen molar-refractivity contribution < 1.29 is 27.8 Å². The Morgan fingerprint density at radius 2 is 1.88 bits per heavy atom. The molecule has 41 heavy (non-hydrogen) atoms. The average molecular weight is 602 g/mol. The summed E-state index contributed by atoms with van der Waals surface area (Å²) < 4.78 is 40.7. The van der Waals surface area contributed by atoms with E-state index >= 15 is 0 Å². The Balaban J connectivity index is 1.76. The summed E-state index contributed by atoms with van der Waals surface area (Å²) in [6.45, 7) is 3.78. The molecule has 5 rings (SSSR count). The van der Waals surface area contributed by atoms with E-state index in [-0.39, 0.29) is 40.0 Å². The van der Waals surface area contributed by atoms with Crippen molar-refractivity contribution in [1.82, 2.24) is 14.5 Å². The van der Waals surface area contributed by atoms with Gasteiger partial charge in [-0.3, -0.25) is 9.59 Å². The van der Waals surface area contributed by atoms with Crippen molar-refractivity contribution in [2.45, 2.75) is 25.7 Å². The van der Waals surface area contributed by atoms with E-state index in [0.29, 0.717) is 39.3 Å². The molecule has 2 aromatic heterocycles. The second kappa shape index (κ2) is 11.0. The van der Waals surface area contributed by atoms with Crippen molar-refractivity contribution in [1.29, 1.82) is 0 Å². The van der Waals surface area contributed by atoms with E-state index < -0.39 is 23.5 Å². The first-order valence-corrected chi connectivity index (χ1v) is 13.1. The van der Waals surface area contributed by atoms with E-state index in [2.05, 4.69) is 20.6 Å². The van der Waals surface area contributed by atoms with Crippen LogP contribution in [-0.2, 0) is 4.79 Å². The largest absolute Gasteiger partial charge is 0.479 e. The zero-order chi connectivity index (χ0) is 29.6. The molecule has 2 amide bonds. The van der Waals surface area contributed by atoms with Gasteiger partial charge in [0.1, 0.15) is 17.3 Å². The molecule has 0 spiro atoms. The summed E-state index contributed by atoms with van der Waals surface area (Å²) in [6.07, 6.45) is 2.96. The fraction of sp³-hybridized carbons (Fsp3) is 0.214. The summed E-state index contributed by atoms with van der Waals surface area (Å²) in [5.74, 6) is -4.16. The third-order valence-corrected chi connectivity index (χ3v) is 7.14. The molecule has 2 N–H and O–H groups in total. The molecule has 2 aromatic carbocycles. The highest BCUT2D eigenvalue weighted by Crippen LogP contribution is 2.44. The van der Waals surface area contributed by atoms with Crippen LogP contribution in [0.5, 0.6) is 11.9 Å². The number of aromatic nitrogens is 3. The molecule has 0 aliphatic carbocycles. The Morgan fingerprint density at radius 1 is 1.12 bits per heavy atom. The molecule has 13 heteroatoms. The van der Waals surface area contributed by atoms with Crippen LogP contribution in [0.1, 0.15) is 52.9 Å². The number of hydrogen-bond donors (Lipinski definition) is 2. The first-order chi connectivity index (χ1) is 19.5. The Hall–Kier alpha value is -4.22. The molecular weight excluding hydrogens is 579 g/mol. The predicted octanol–water partition coefficient (Wildman–Crippen LogP) is 6.33. The molecular formula is C28H23Cl2F2N5O4. The molecule has 4 aromatic rings. The predicted molar refractivity (Wildman–Crippen MR) is 150 cm³/mol. The highest BCUT2D eigenvalue weighted by molar-refractivity contribution is 6.31. The minimum absolute atomic E-state index is 0.0503. The molecule has 0 saturated carbocycles. The number of hydrogen-bond acceptors (Lipinski definition) is 6. The van der Waals surface area contributed by atoms with Gasteiger partial charge in [0.15, 0.2) is 0 Å². The van der Waals surface area contributed by atoms with Crippen LogP contribution in [0.4, 0.5) is 20.2 Å². The molecule has 9 nitrogen and oxygen atoms in total. The molecule has 0 radical (unpaired) electrons. The molecule has 1 aliphatic rings. The lowest BCUT2D eigenvalue weighted by Gasteiger charge is -2.19. The zero-order valence-electron chi connectivity index (χ0n) is 22.2. The van der Waals surface area contributed by atoms with E-state index in [1.165, 1.54) is 26.6 Å². The third kappa shape index (κ3) is 5.07. The summed E-state index contributed by atoms with van der Waals surface area (Å²) in [4.78, 5) is 35.7. The molecule has 0 bridgehead atoms. The van der Waals surface area contributed by atoms with Crippen LogP contribution in [0.25, 0.3) is 5.69 Å². The third-order valence-electron chi connectivity index (χ3n) is 6.62.